The molecule has 3 aliphatic heterocycles. The molecule has 1 aromatic heterocycles. The molecule has 3 aliphatic rings. The number of aromatic nitrogens is 3. The molecule has 0 radical (unpaired) electrons. The molecule has 28 heavy (non-hydrogen) atoms. The summed E-state index contributed by atoms with van der Waals surface area (Å²) in [6.45, 7) is 0.529. The van der Waals surface area contributed by atoms with Crippen molar-refractivity contribution >= 4 is 5.91 Å². The van der Waals surface area contributed by atoms with Crippen LogP contribution in [0.15, 0.2) is 70.3 Å². The highest BCUT2D eigenvalue weighted by Gasteiger charge is 2.46. The van der Waals surface area contributed by atoms with Gasteiger partial charge in [-0.15, -0.1) is 0 Å². The van der Waals surface area contributed by atoms with E-state index in [4.69, 9.17) is 0 Å². The second-order valence-corrected chi connectivity index (χ2v) is 7.27. The highest BCUT2D eigenvalue weighted by molar-refractivity contribution is 5.82. The molecule has 6 rings (SSSR count). The zero-order valence-corrected chi connectivity index (χ0v) is 15.3. The average Bonchev–Trinajstić information content (AvgIpc) is 3.01. The SMILES string of the molecule is O=C1C2CCC(N1CCc1ccccc1)n1c(=O)n(-c3ccccc3)c(=O)n12. The summed E-state index contributed by atoms with van der Waals surface area (Å²) in [5.74, 6) is -0.0699. The number of hydrogen-bond donors (Lipinski definition) is 0. The van der Waals surface area contributed by atoms with Crippen LogP contribution >= 0.6 is 0 Å². The third-order valence-corrected chi connectivity index (χ3v) is 5.71. The first-order valence-corrected chi connectivity index (χ1v) is 9.52. The molecule has 3 aromatic rings. The van der Waals surface area contributed by atoms with Crippen molar-refractivity contribution in [3.63, 3.8) is 0 Å². The van der Waals surface area contributed by atoms with Crippen molar-refractivity contribution in [2.45, 2.75) is 31.5 Å². The molecule has 0 aliphatic carbocycles. The number of fused-ring (bicyclic) bond motifs is 2. The Kier molecular flexibility index (Phi) is 3.82. The molecule has 1 fully saturated rings. The maximum atomic E-state index is 13.1. The fraction of sp³-hybridized carbons (Fsp3) is 0.286. The topological polar surface area (TPSA) is 69.2 Å². The zero-order valence-electron chi connectivity index (χ0n) is 15.3. The number of hydrogen-bond acceptors (Lipinski definition) is 3. The molecule has 1 amide bonds. The van der Waals surface area contributed by atoms with Crippen molar-refractivity contribution in [3.05, 3.63) is 87.2 Å². The van der Waals surface area contributed by atoms with E-state index in [1.165, 1.54) is 13.9 Å². The Morgan fingerprint density at radius 3 is 2.14 bits per heavy atom. The van der Waals surface area contributed by atoms with Crippen LogP contribution in [0.5, 0.6) is 0 Å². The Morgan fingerprint density at radius 1 is 0.786 bits per heavy atom. The van der Waals surface area contributed by atoms with Crippen LogP contribution < -0.4 is 11.4 Å². The maximum Gasteiger partial charge on any atom is 0.353 e. The van der Waals surface area contributed by atoms with Crippen molar-refractivity contribution in [1.29, 1.82) is 0 Å². The number of carbonyl (C=O) groups excluding carboxylic acids is 1. The fourth-order valence-electron chi connectivity index (χ4n) is 4.38. The van der Waals surface area contributed by atoms with E-state index < -0.39 is 17.9 Å². The van der Waals surface area contributed by atoms with Gasteiger partial charge in [0.2, 0.25) is 5.91 Å². The van der Waals surface area contributed by atoms with Crippen LogP contribution in [0.3, 0.4) is 0 Å². The zero-order chi connectivity index (χ0) is 19.3. The number of nitrogens with zero attached hydrogens (tertiary/aromatic N) is 4. The van der Waals surface area contributed by atoms with Crippen LogP contribution in [0.4, 0.5) is 0 Å². The standard InChI is InChI=1S/C21H20N4O3/c26-19-17-11-12-18(22(19)14-13-15-7-3-1-4-8-15)25-21(28)23(20(27)24(17)25)16-9-5-2-6-10-16/h1-10,17-18H,11-14H2. The summed E-state index contributed by atoms with van der Waals surface area (Å²) >= 11 is 0. The minimum atomic E-state index is -0.606. The molecule has 1 saturated heterocycles. The van der Waals surface area contributed by atoms with Gasteiger partial charge in [0.1, 0.15) is 12.2 Å². The fourth-order valence-corrected chi connectivity index (χ4v) is 4.38. The Balaban J connectivity index is 1.55. The van der Waals surface area contributed by atoms with Gasteiger partial charge < -0.3 is 4.90 Å². The summed E-state index contributed by atoms with van der Waals surface area (Å²) in [6.07, 6.45) is 1.58. The van der Waals surface area contributed by atoms with E-state index in [0.29, 0.717) is 31.5 Å². The van der Waals surface area contributed by atoms with Gasteiger partial charge in [-0.1, -0.05) is 48.5 Å². The Morgan fingerprint density at radius 2 is 1.43 bits per heavy atom. The Bertz CT molecular complexity index is 1140. The van der Waals surface area contributed by atoms with Gasteiger partial charge >= 0.3 is 11.4 Å². The predicted octanol–water partition coefficient (Wildman–Crippen LogP) is 1.72. The van der Waals surface area contributed by atoms with Crippen LogP contribution in [0.1, 0.15) is 30.6 Å². The first kappa shape index (κ1) is 16.8. The van der Waals surface area contributed by atoms with Gasteiger partial charge in [-0.3, -0.25) is 4.79 Å². The summed E-state index contributed by atoms with van der Waals surface area (Å²) in [5, 5.41) is 0. The molecule has 7 heteroatoms. The quantitative estimate of drug-likeness (QED) is 0.696. The van der Waals surface area contributed by atoms with Crippen LogP contribution in [-0.4, -0.2) is 31.3 Å². The molecule has 0 N–H and O–H groups in total. The van der Waals surface area contributed by atoms with Gasteiger partial charge in [0.15, 0.2) is 0 Å². The van der Waals surface area contributed by atoms with Gasteiger partial charge in [-0.05, 0) is 37.0 Å². The van der Waals surface area contributed by atoms with E-state index in [1.54, 1.807) is 29.2 Å². The molecular weight excluding hydrogens is 356 g/mol. The average molecular weight is 376 g/mol. The van der Waals surface area contributed by atoms with Crippen molar-refractivity contribution in [2.75, 3.05) is 6.54 Å². The van der Waals surface area contributed by atoms with Crippen molar-refractivity contribution in [3.8, 4) is 5.69 Å². The van der Waals surface area contributed by atoms with Gasteiger partial charge in [0.25, 0.3) is 0 Å². The van der Waals surface area contributed by atoms with Crippen molar-refractivity contribution < 1.29 is 4.79 Å². The van der Waals surface area contributed by atoms with Crippen LogP contribution in [-0.2, 0) is 11.2 Å². The number of amides is 1. The monoisotopic (exact) mass is 376 g/mol. The summed E-state index contributed by atoms with van der Waals surface area (Å²) in [7, 11) is 0. The van der Waals surface area contributed by atoms with Crippen LogP contribution in [0.25, 0.3) is 5.69 Å². The number of para-hydroxylation sites is 1. The van der Waals surface area contributed by atoms with Gasteiger partial charge in [-0.2, -0.15) is 0 Å². The highest BCUT2D eigenvalue weighted by atomic mass is 16.2. The minimum Gasteiger partial charge on any atom is -0.318 e. The van der Waals surface area contributed by atoms with E-state index in [0.717, 1.165) is 5.56 Å². The molecule has 142 valence electrons. The smallest absolute Gasteiger partial charge is 0.318 e. The second-order valence-electron chi connectivity index (χ2n) is 7.27. The van der Waals surface area contributed by atoms with Crippen molar-refractivity contribution in [1.82, 2.24) is 18.8 Å². The molecule has 7 nitrogen and oxygen atoms in total. The van der Waals surface area contributed by atoms with Crippen LogP contribution in [0, 0.1) is 0 Å². The molecule has 0 saturated carbocycles. The van der Waals surface area contributed by atoms with E-state index >= 15 is 0 Å². The van der Waals surface area contributed by atoms with E-state index in [9.17, 15) is 14.4 Å². The molecule has 0 spiro atoms. The normalized spacial score (nSPS) is 20.4. The molecule has 2 atom stereocenters. The number of piperidine rings is 1. The van der Waals surface area contributed by atoms with Crippen molar-refractivity contribution in [2.24, 2.45) is 0 Å². The molecule has 4 heterocycles. The first-order chi connectivity index (χ1) is 13.7. The maximum absolute atomic E-state index is 13.1. The molecule has 2 unspecified atom stereocenters. The first-order valence-electron chi connectivity index (χ1n) is 9.52. The lowest BCUT2D eigenvalue weighted by Crippen LogP contribution is -2.57. The van der Waals surface area contributed by atoms with Gasteiger partial charge in [0, 0.05) is 6.54 Å². The Hall–Kier alpha value is -3.35. The third-order valence-electron chi connectivity index (χ3n) is 5.71. The predicted molar refractivity (Wildman–Crippen MR) is 103 cm³/mol. The second kappa shape index (κ2) is 6.37. The Labute approximate surface area is 161 Å². The summed E-state index contributed by atoms with van der Waals surface area (Å²) in [4.78, 5) is 40.9. The van der Waals surface area contributed by atoms with E-state index in [2.05, 4.69) is 0 Å². The number of benzene rings is 2. The summed E-state index contributed by atoms with van der Waals surface area (Å²) in [6, 6.07) is 18.2. The number of rotatable bonds is 4. The van der Waals surface area contributed by atoms with Gasteiger partial charge in [-0.25, -0.2) is 23.5 Å². The third kappa shape index (κ3) is 2.39. The highest BCUT2D eigenvalue weighted by Crippen LogP contribution is 2.37. The van der Waals surface area contributed by atoms with Gasteiger partial charge in [0.05, 0.1) is 5.69 Å². The number of carbonyl (C=O) groups is 1. The lowest BCUT2D eigenvalue weighted by Gasteiger charge is -2.45. The lowest BCUT2D eigenvalue weighted by molar-refractivity contribution is -0.152. The molecular formula is C21H20N4O3. The largest absolute Gasteiger partial charge is 0.353 e. The summed E-state index contributed by atoms with van der Waals surface area (Å²) in [5.41, 5.74) is 0.836. The van der Waals surface area contributed by atoms with E-state index in [1.807, 2.05) is 36.4 Å². The molecule has 2 aromatic carbocycles. The minimum absolute atomic E-state index is 0.0699. The lowest BCUT2D eigenvalue weighted by atomic mass is 9.99. The van der Waals surface area contributed by atoms with E-state index in [-0.39, 0.29) is 11.6 Å². The molecule has 2 bridgehead atoms. The van der Waals surface area contributed by atoms with Crippen LogP contribution in [0.2, 0.25) is 0 Å². The summed E-state index contributed by atoms with van der Waals surface area (Å²) < 4.78 is 4.01.